The average molecular weight is 364 g/mol. The van der Waals surface area contributed by atoms with Gasteiger partial charge in [-0.05, 0) is 36.6 Å². The Labute approximate surface area is 149 Å². The number of rotatable bonds is 6. The summed E-state index contributed by atoms with van der Waals surface area (Å²) in [4.78, 5) is 12.4. The maximum absolute atomic E-state index is 12.6. The van der Waals surface area contributed by atoms with Crippen LogP contribution in [0.4, 0.5) is 20.2 Å². The van der Waals surface area contributed by atoms with Crippen LogP contribution in [-0.4, -0.2) is 25.2 Å². The standard InChI is InChI=1S/C18H18F2N2O4/c1-25-14-5-2-4-12(10-14)15-6-3-9-21(15)13-7-8-16(22(23)24)17(11-13)26-18(19)20/h2,4-5,7-8,10-11,15,18H,3,6,9H2,1H3. The predicted octanol–water partition coefficient (Wildman–Crippen LogP) is 4.55. The molecule has 1 aliphatic heterocycles. The zero-order chi connectivity index (χ0) is 18.7. The van der Waals surface area contributed by atoms with E-state index in [0.29, 0.717) is 12.2 Å². The lowest BCUT2D eigenvalue weighted by Gasteiger charge is -2.27. The maximum Gasteiger partial charge on any atom is 0.387 e. The zero-order valence-corrected chi connectivity index (χ0v) is 14.1. The van der Waals surface area contributed by atoms with E-state index in [1.807, 2.05) is 29.2 Å². The lowest BCUT2D eigenvalue weighted by atomic mass is 10.0. The first-order chi connectivity index (χ1) is 12.5. The monoisotopic (exact) mass is 364 g/mol. The molecule has 0 N–H and O–H groups in total. The van der Waals surface area contributed by atoms with Crippen LogP contribution in [-0.2, 0) is 0 Å². The summed E-state index contributed by atoms with van der Waals surface area (Å²) in [5.74, 6) is 0.304. The molecule has 2 aromatic rings. The summed E-state index contributed by atoms with van der Waals surface area (Å²) in [6, 6.07) is 11.8. The van der Waals surface area contributed by atoms with E-state index in [2.05, 4.69) is 4.74 Å². The molecule has 1 fully saturated rings. The molecule has 3 rings (SSSR count). The second kappa shape index (κ2) is 7.55. The van der Waals surface area contributed by atoms with Crippen molar-refractivity contribution < 1.29 is 23.2 Å². The van der Waals surface area contributed by atoms with Crippen molar-refractivity contribution in [2.75, 3.05) is 18.6 Å². The third kappa shape index (κ3) is 3.68. The van der Waals surface area contributed by atoms with Gasteiger partial charge in [0.15, 0.2) is 0 Å². The number of hydrogen-bond acceptors (Lipinski definition) is 5. The first-order valence-electron chi connectivity index (χ1n) is 8.13. The molecule has 1 atom stereocenters. The molecule has 0 radical (unpaired) electrons. The van der Waals surface area contributed by atoms with Gasteiger partial charge in [-0.2, -0.15) is 8.78 Å². The summed E-state index contributed by atoms with van der Waals surface area (Å²) in [5.41, 5.74) is 1.17. The van der Waals surface area contributed by atoms with Crippen molar-refractivity contribution in [2.24, 2.45) is 0 Å². The van der Waals surface area contributed by atoms with Crippen molar-refractivity contribution in [3.8, 4) is 11.5 Å². The Kier molecular flexibility index (Phi) is 5.20. The third-order valence-corrected chi connectivity index (χ3v) is 4.42. The number of nitro groups is 1. The molecule has 1 unspecified atom stereocenters. The van der Waals surface area contributed by atoms with E-state index in [0.717, 1.165) is 24.2 Å². The fourth-order valence-corrected chi connectivity index (χ4v) is 3.29. The Hall–Kier alpha value is -2.90. The first-order valence-corrected chi connectivity index (χ1v) is 8.13. The minimum absolute atomic E-state index is 0.0333. The Balaban J connectivity index is 1.95. The van der Waals surface area contributed by atoms with Crippen LogP contribution in [0.5, 0.6) is 11.5 Å². The molecule has 0 saturated carbocycles. The smallest absolute Gasteiger partial charge is 0.387 e. The highest BCUT2D eigenvalue weighted by Crippen LogP contribution is 2.40. The maximum atomic E-state index is 12.6. The minimum atomic E-state index is -3.13. The molecule has 8 heteroatoms. The highest BCUT2D eigenvalue weighted by Gasteiger charge is 2.28. The number of nitrogens with zero attached hydrogens (tertiary/aromatic N) is 2. The van der Waals surface area contributed by atoms with E-state index in [-0.39, 0.29) is 6.04 Å². The van der Waals surface area contributed by atoms with Crippen molar-refractivity contribution in [3.63, 3.8) is 0 Å². The fourth-order valence-electron chi connectivity index (χ4n) is 3.29. The molecule has 1 saturated heterocycles. The van der Waals surface area contributed by atoms with Crippen LogP contribution in [0.25, 0.3) is 0 Å². The fraction of sp³-hybridized carbons (Fsp3) is 0.333. The van der Waals surface area contributed by atoms with E-state index in [1.165, 1.54) is 12.1 Å². The average Bonchev–Trinajstić information content (AvgIpc) is 3.10. The molecule has 0 amide bonds. The zero-order valence-electron chi connectivity index (χ0n) is 14.1. The van der Waals surface area contributed by atoms with Gasteiger partial charge in [-0.15, -0.1) is 0 Å². The molecule has 2 aromatic carbocycles. The molecule has 0 aliphatic carbocycles. The molecule has 6 nitrogen and oxygen atoms in total. The van der Waals surface area contributed by atoms with Crippen molar-refractivity contribution in [3.05, 3.63) is 58.1 Å². The van der Waals surface area contributed by atoms with Gasteiger partial charge in [0.1, 0.15) is 5.75 Å². The lowest BCUT2D eigenvalue weighted by Crippen LogP contribution is -2.22. The first kappa shape index (κ1) is 17.9. The van der Waals surface area contributed by atoms with Crippen LogP contribution in [0.15, 0.2) is 42.5 Å². The van der Waals surface area contributed by atoms with Crippen LogP contribution in [0.2, 0.25) is 0 Å². The summed E-state index contributed by atoms with van der Waals surface area (Å²) < 4.78 is 34.9. The van der Waals surface area contributed by atoms with Crippen LogP contribution >= 0.6 is 0 Å². The molecule has 1 heterocycles. The number of methoxy groups -OCH3 is 1. The van der Waals surface area contributed by atoms with Crippen molar-refractivity contribution in [2.45, 2.75) is 25.5 Å². The summed E-state index contributed by atoms with van der Waals surface area (Å²) in [6.07, 6.45) is 1.80. The van der Waals surface area contributed by atoms with Crippen molar-refractivity contribution in [1.82, 2.24) is 0 Å². The molecule has 1 aliphatic rings. The van der Waals surface area contributed by atoms with E-state index >= 15 is 0 Å². The summed E-state index contributed by atoms with van der Waals surface area (Å²) >= 11 is 0. The number of ether oxygens (including phenoxy) is 2. The predicted molar refractivity (Wildman–Crippen MR) is 92.0 cm³/mol. The second-order valence-corrected chi connectivity index (χ2v) is 5.92. The van der Waals surface area contributed by atoms with Gasteiger partial charge in [0.25, 0.3) is 0 Å². The van der Waals surface area contributed by atoms with E-state index in [1.54, 1.807) is 13.2 Å². The molecule has 0 spiro atoms. The minimum Gasteiger partial charge on any atom is -0.497 e. The number of alkyl halides is 2. The normalized spacial score (nSPS) is 16.8. The van der Waals surface area contributed by atoms with Gasteiger partial charge in [-0.25, -0.2) is 0 Å². The number of benzene rings is 2. The summed E-state index contributed by atoms with van der Waals surface area (Å²) in [6.45, 7) is -2.41. The molecule has 0 bridgehead atoms. The Morgan fingerprint density at radius 2 is 2.08 bits per heavy atom. The molecular formula is C18H18F2N2O4. The lowest BCUT2D eigenvalue weighted by molar-refractivity contribution is -0.386. The highest BCUT2D eigenvalue weighted by molar-refractivity contribution is 5.61. The molecule has 138 valence electrons. The quantitative estimate of drug-likeness (QED) is 0.556. The number of anilines is 1. The van der Waals surface area contributed by atoms with Crippen LogP contribution in [0.3, 0.4) is 0 Å². The second-order valence-electron chi connectivity index (χ2n) is 5.92. The van der Waals surface area contributed by atoms with Crippen molar-refractivity contribution >= 4 is 11.4 Å². The van der Waals surface area contributed by atoms with Crippen LogP contribution in [0.1, 0.15) is 24.4 Å². The van der Waals surface area contributed by atoms with Gasteiger partial charge in [-0.3, -0.25) is 10.1 Å². The Bertz CT molecular complexity index is 801. The van der Waals surface area contributed by atoms with Crippen LogP contribution in [0, 0.1) is 10.1 Å². The number of nitro benzene ring substituents is 1. The van der Waals surface area contributed by atoms with E-state index < -0.39 is 23.0 Å². The summed E-state index contributed by atoms with van der Waals surface area (Å²) in [5, 5.41) is 11.0. The highest BCUT2D eigenvalue weighted by atomic mass is 19.3. The van der Waals surface area contributed by atoms with Gasteiger partial charge in [0.05, 0.1) is 18.1 Å². The Morgan fingerprint density at radius 3 is 2.77 bits per heavy atom. The van der Waals surface area contributed by atoms with E-state index in [4.69, 9.17) is 4.74 Å². The number of hydrogen-bond donors (Lipinski definition) is 0. The van der Waals surface area contributed by atoms with Gasteiger partial charge in [0, 0.05) is 24.4 Å². The summed E-state index contributed by atoms with van der Waals surface area (Å²) in [7, 11) is 1.59. The topological polar surface area (TPSA) is 64.8 Å². The van der Waals surface area contributed by atoms with Gasteiger partial charge in [-0.1, -0.05) is 12.1 Å². The third-order valence-electron chi connectivity index (χ3n) is 4.42. The van der Waals surface area contributed by atoms with Gasteiger partial charge in [0.2, 0.25) is 5.75 Å². The number of halogens is 2. The van der Waals surface area contributed by atoms with E-state index in [9.17, 15) is 18.9 Å². The van der Waals surface area contributed by atoms with Crippen LogP contribution < -0.4 is 14.4 Å². The molecule has 26 heavy (non-hydrogen) atoms. The molecular weight excluding hydrogens is 346 g/mol. The SMILES string of the molecule is COc1cccc(C2CCCN2c2ccc([N+](=O)[O-])c(OC(F)F)c2)c1. The Morgan fingerprint density at radius 1 is 1.27 bits per heavy atom. The van der Waals surface area contributed by atoms with Gasteiger partial charge < -0.3 is 14.4 Å². The van der Waals surface area contributed by atoms with Crippen molar-refractivity contribution in [1.29, 1.82) is 0 Å². The van der Waals surface area contributed by atoms with Gasteiger partial charge >= 0.3 is 12.3 Å². The molecule has 0 aromatic heterocycles. The largest absolute Gasteiger partial charge is 0.497 e.